The van der Waals surface area contributed by atoms with Crippen LogP contribution in [0, 0.1) is 0 Å². The van der Waals surface area contributed by atoms with Gasteiger partial charge in [0, 0.05) is 24.2 Å². The fourth-order valence-corrected chi connectivity index (χ4v) is 3.01. The van der Waals surface area contributed by atoms with Crippen LogP contribution in [0.1, 0.15) is 38.2 Å². The first-order valence-corrected chi connectivity index (χ1v) is 7.78. The summed E-state index contributed by atoms with van der Waals surface area (Å²) < 4.78 is 0. The van der Waals surface area contributed by atoms with Crippen molar-refractivity contribution in [3.63, 3.8) is 0 Å². The summed E-state index contributed by atoms with van der Waals surface area (Å²) in [5, 5.41) is 5.03. The second-order valence-corrected chi connectivity index (χ2v) is 5.86. The molecule has 0 amide bonds. The van der Waals surface area contributed by atoms with E-state index in [1.54, 1.807) is 0 Å². The lowest BCUT2D eigenvalue weighted by Crippen LogP contribution is -2.48. The molecular weight excluding hydrogens is 276 g/mol. The third-order valence-corrected chi connectivity index (χ3v) is 4.35. The summed E-state index contributed by atoms with van der Waals surface area (Å²) in [4.78, 5) is 2.36. The topological polar surface area (TPSA) is 15.3 Å². The predicted molar refractivity (Wildman–Crippen MR) is 85.5 cm³/mol. The minimum atomic E-state index is 0.610. The van der Waals surface area contributed by atoms with Gasteiger partial charge in [-0.25, -0.2) is 0 Å². The van der Waals surface area contributed by atoms with E-state index >= 15 is 0 Å². The van der Waals surface area contributed by atoms with Gasteiger partial charge in [-0.1, -0.05) is 30.7 Å². The molecule has 1 aromatic rings. The van der Waals surface area contributed by atoms with Crippen molar-refractivity contribution in [3.8, 4) is 0 Å². The van der Waals surface area contributed by atoms with Gasteiger partial charge < -0.3 is 10.2 Å². The maximum absolute atomic E-state index is 5.88. The molecule has 104 valence electrons. The molecule has 0 radical (unpaired) electrons. The van der Waals surface area contributed by atoms with Gasteiger partial charge >= 0.3 is 0 Å². The summed E-state index contributed by atoms with van der Waals surface area (Å²) in [6.45, 7) is 4.10. The SMILES string of the molecule is CC[C@H]1CCCCN1C(=S)NCc1ccc(Cl)cc1. The molecule has 1 atom stereocenters. The van der Waals surface area contributed by atoms with Crippen molar-refractivity contribution in [1.82, 2.24) is 10.2 Å². The summed E-state index contributed by atoms with van der Waals surface area (Å²) >= 11 is 11.4. The van der Waals surface area contributed by atoms with Crippen molar-refractivity contribution in [2.75, 3.05) is 6.54 Å². The van der Waals surface area contributed by atoms with Crippen molar-refractivity contribution in [2.24, 2.45) is 0 Å². The molecule has 1 heterocycles. The van der Waals surface area contributed by atoms with Crippen LogP contribution in [0.15, 0.2) is 24.3 Å². The molecule has 1 N–H and O–H groups in total. The Labute approximate surface area is 126 Å². The zero-order valence-corrected chi connectivity index (χ0v) is 12.9. The molecule has 0 saturated carbocycles. The average molecular weight is 297 g/mol. The monoisotopic (exact) mass is 296 g/mol. The van der Waals surface area contributed by atoms with E-state index in [0.717, 1.165) is 23.2 Å². The van der Waals surface area contributed by atoms with E-state index in [1.165, 1.54) is 31.2 Å². The van der Waals surface area contributed by atoms with Crippen molar-refractivity contribution in [3.05, 3.63) is 34.9 Å². The molecule has 1 aromatic carbocycles. The number of thiocarbonyl (C=S) groups is 1. The second-order valence-electron chi connectivity index (χ2n) is 5.04. The van der Waals surface area contributed by atoms with E-state index in [9.17, 15) is 0 Å². The molecule has 0 aromatic heterocycles. The highest BCUT2D eigenvalue weighted by molar-refractivity contribution is 7.80. The van der Waals surface area contributed by atoms with Gasteiger partial charge in [-0.05, 0) is 55.6 Å². The van der Waals surface area contributed by atoms with E-state index in [2.05, 4.69) is 17.1 Å². The van der Waals surface area contributed by atoms with Crippen molar-refractivity contribution >= 4 is 28.9 Å². The largest absolute Gasteiger partial charge is 0.358 e. The molecule has 4 heteroatoms. The van der Waals surface area contributed by atoms with Gasteiger partial charge in [0.2, 0.25) is 0 Å². The number of hydrogen-bond acceptors (Lipinski definition) is 1. The van der Waals surface area contributed by atoms with Gasteiger partial charge in [0.05, 0.1) is 0 Å². The summed E-state index contributed by atoms with van der Waals surface area (Å²) in [6.07, 6.45) is 5.01. The molecule has 1 fully saturated rings. The summed E-state index contributed by atoms with van der Waals surface area (Å²) in [5.41, 5.74) is 1.21. The highest BCUT2D eigenvalue weighted by Gasteiger charge is 2.22. The van der Waals surface area contributed by atoms with Crippen LogP contribution in [0.2, 0.25) is 5.02 Å². The quantitative estimate of drug-likeness (QED) is 0.850. The van der Waals surface area contributed by atoms with Gasteiger partial charge in [-0.2, -0.15) is 0 Å². The maximum atomic E-state index is 5.88. The Bertz CT molecular complexity index is 419. The first-order chi connectivity index (χ1) is 9.20. The number of nitrogens with one attached hydrogen (secondary N) is 1. The number of halogens is 1. The number of piperidine rings is 1. The zero-order valence-electron chi connectivity index (χ0n) is 11.4. The van der Waals surface area contributed by atoms with Crippen LogP contribution in [0.25, 0.3) is 0 Å². The molecule has 0 aliphatic carbocycles. The standard InChI is InChI=1S/C15H21ClN2S/c1-2-14-5-3-4-10-18(14)15(19)17-11-12-6-8-13(16)9-7-12/h6-9,14H,2-5,10-11H2,1H3,(H,17,19)/t14-/m0/s1. The number of rotatable bonds is 3. The highest BCUT2D eigenvalue weighted by Crippen LogP contribution is 2.19. The lowest BCUT2D eigenvalue weighted by molar-refractivity contribution is 0.233. The van der Waals surface area contributed by atoms with E-state index in [-0.39, 0.29) is 0 Å². The minimum Gasteiger partial charge on any atom is -0.358 e. The second kappa shape index (κ2) is 7.11. The molecule has 2 nitrogen and oxygen atoms in total. The summed E-state index contributed by atoms with van der Waals surface area (Å²) in [7, 11) is 0. The zero-order chi connectivity index (χ0) is 13.7. The molecule has 19 heavy (non-hydrogen) atoms. The third-order valence-electron chi connectivity index (χ3n) is 3.72. The smallest absolute Gasteiger partial charge is 0.169 e. The van der Waals surface area contributed by atoms with Crippen LogP contribution in [0.5, 0.6) is 0 Å². The Hall–Kier alpha value is -0.800. The minimum absolute atomic E-state index is 0.610. The summed E-state index contributed by atoms with van der Waals surface area (Å²) in [6, 6.07) is 8.50. The van der Waals surface area contributed by atoms with Gasteiger partial charge in [-0.3, -0.25) is 0 Å². The molecule has 1 aliphatic rings. The number of nitrogens with zero attached hydrogens (tertiary/aromatic N) is 1. The molecule has 2 rings (SSSR count). The van der Waals surface area contributed by atoms with Crippen LogP contribution >= 0.6 is 23.8 Å². The molecule has 1 saturated heterocycles. The normalized spacial score (nSPS) is 19.3. The molecular formula is C15H21ClN2S. The Balaban J connectivity index is 1.87. The van der Waals surface area contributed by atoms with Gasteiger partial charge in [-0.15, -0.1) is 0 Å². The van der Waals surface area contributed by atoms with Gasteiger partial charge in [0.1, 0.15) is 0 Å². The first kappa shape index (κ1) is 14.6. The van der Waals surface area contributed by atoms with E-state index in [0.29, 0.717) is 6.04 Å². The van der Waals surface area contributed by atoms with Crippen LogP contribution in [0.3, 0.4) is 0 Å². The molecule has 0 unspecified atom stereocenters. The van der Waals surface area contributed by atoms with E-state index in [1.807, 2.05) is 24.3 Å². The maximum Gasteiger partial charge on any atom is 0.169 e. The van der Waals surface area contributed by atoms with Crippen LogP contribution < -0.4 is 5.32 Å². The Kier molecular flexibility index (Phi) is 5.46. The Morgan fingerprint density at radius 2 is 2.11 bits per heavy atom. The fourth-order valence-electron chi connectivity index (χ4n) is 2.57. The van der Waals surface area contributed by atoms with E-state index < -0.39 is 0 Å². The number of benzene rings is 1. The van der Waals surface area contributed by atoms with Gasteiger partial charge in [0.15, 0.2) is 5.11 Å². The lowest BCUT2D eigenvalue weighted by Gasteiger charge is -2.37. The highest BCUT2D eigenvalue weighted by atomic mass is 35.5. The molecule has 0 spiro atoms. The van der Waals surface area contributed by atoms with Crippen LogP contribution in [-0.2, 0) is 6.54 Å². The first-order valence-electron chi connectivity index (χ1n) is 6.99. The molecule has 0 bridgehead atoms. The predicted octanol–water partition coefficient (Wildman–Crippen LogP) is 3.98. The van der Waals surface area contributed by atoms with Crippen molar-refractivity contribution in [1.29, 1.82) is 0 Å². The number of hydrogen-bond donors (Lipinski definition) is 1. The van der Waals surface area contributed by atoms with Crippen molar-refractivity contribution in [2.45, 2.75) is 45.2 Å². The van der Waals surface area contributed by atoms with Crippen LogP contribution in [0.4, 0.5) is 0 Å². The lowest BCUT2D eigenvalue weighted by atomic mass is 10.0. The Morgan fingerprint density at radius 1 is 1.37 bits per heavy atom. The Morgan fingerprint density at radius 3 is 2.79 bits per heavy atom. The average Bonchev–Trinajstić information content (AvgIpc) is 2.46. The van der Waals surface area contributed by atoms with Crippen molar-refractivity contribution < 1.29 is 0 Å². The van der Waals surface area contributed by atoms with Crippen LogP contribution in [-0.4, -0.2) is 22.6 Å². The summed E-state index contributed by atoms with van der Waals surface area (Å²) in [5.74, 6) is 0. The molecule has 1 aliphatic heterocycles. The van der Waals surface area contributed by atoms with E-state index in [4.69, 9.17) is 23.8 Å². The number of likely N-dealkylation sites (tertiary alicyclic amines) is 1. The fraction of sp³-hybridized carbons (Fsp3) is 0.533. The third kappa shape index (κ3) is 4.08. The van der Waals surface area contributed by atoms with Gasteiger partial charge in [0.25, 0.3) is 0 Å².